The molecule has 1 aliphatic heterocycles. The first-order valence-corrected chi connectivity index (χ1v) is 6.29. The molecular formula is C14H19FN2O. The number of halogens is 1. The zero-order chi connectivity index (χ0) is 13.3. The van der Waals surface area contributed by atoms with Gasteiger partial charge in [-0.25, -0.2) is 4.39 Å². The van der Waals surface area contributed by atoms with Crippen LogP contribution in [-0.2, 0) is 4.79 Å². The van der Waals surface area contributed by atoms with Crippen molar-refractivity contribution in [2.75, 3.05) is 6.54 Å². The average molecular weight is 250 g/mol. The number of carbonyl (C=O) groups excluding carboxylic acids is 1. The van der Waals surface area contributed by atoms with Crippen LogP contribution in [0.4, 0.5) is 4.39 Å². The van der Waals surface area contributed by atoms with E-state index in [1.54, 1.807) is 11.0 Å². The molecule has 2 atom stereocenters. The van der Waals surface area contributed by atoms with Crippen molar-refractivity contribution in [2.24, 2.45) is 11.7 Å². The minimum absolute atomic E-state index is 0.0606. The average Bonchev–Trinajstić information content (AvgIpc) is 2.53. The molecule has 0 spiro atoms. The molecular weight excluding hydrogens is 231 g/mol. The SMILES string of the molecule is CC(C)CN1C(=O)CC(N)C1c1cccc(F)c1. The third-order valence-electron chi connectivity index (χ3n) is 3.22. The van der Waals surface area contributed by atoms with Crippen molar-refractivity contribution in [3.8, 4) is 0 Å². The molecule has 1 aliphatic rings. The molecule has 0 radical (unpaired) electrons. The van der Waals surface area contributed by atoms with Crippen molar-refractivity contribution < 1.29 is 9.18 Å². The summed E-state index contributed by atoms with van der Waals surface area (Å²) in [6.45, 7) is 4.77. The van der Waals surface area contributed by atoms with Crippen molar-refractivity contribution in [3.63, 3.8) is 0 Å². The van der Waals surface area contributed by atoms with Gasteiger partial charge in [-0.1, -0.05) is 26.0 Å². The molecule has 2 unspecified atom stereocenters. The smallest absolute Gasteiger partial charge is 0.224 e. The standard InChI is InChI=1S/C14H19FN2O/c1-9(2)8-17-13(18)7-12(16)14(17)10-4-3-5-11(15)6-10/h3-6,9,12,14H,7-8,16H2,1-2H3. The van der Waals surface area contributed by atoms with E-state index in [1.165, 1.54) is 12.1 Å². The van der Waals surface area contributed by atoms with Crippen molar-refractivity contribution in [2.45, 2.75) is 32.4 Å². The van der Waals surface area contributed by atoms with Gasteiger partial charge in [0.05, 0.1) is 6.04 Å². The highest BCUT2D eigenvalue weighted by Gasteiger charge is 2.38. The molecule has 2 rings (SSSR count). The summed E-state index contributed by atoms with van der Waals surface area (Å²) in [6.07, 6.45) is 0.341. The van der Waals surface area contributed by atoms with Crippen molar-refractivity contribution in [3.05, 3.63) is 35.6 Å². The fourth-order valence-electron chi connectivity index (χ4n) is 2.54. The van der Waals surface area contributed by atoms with E-state index in [9.17, 15) is 9.18 Å². The molecule has 1 fully saturated rings. The molecule has 4 heteroatoms. The second kappa shape index (κ2) is 5.06. The monoisotopic (exact) mass is 250 g/mol. The van der Waals surface area contributed by atoms with E-state index >= 15 is 0 Å². The lowest BCUT2D eigenvalue weighted by Crippen LogP contribution is -2.35. The van der Waals surface area contributed by atoms with Crippen LogP contribution >= 0.6 is 0 Å². The molecule has 2 N–H and O–H groups in total. The van der Waals surface area contributed by atoms with E-state index in [0.29, 0.717) is 18.9 Å². The van der Waals surface area contributed by atoms with Gasteiger partial charge < -0.3 is 10.6 Å². The summed E-state index contributed by atoms with van der Waals surface area (Å²) in [5.41, 5.74) is 6.82. The molecule has 1 heterocycles. The van der Waals surface area contributed by atoms with Crippen LogP contribution in [-0.4, -0.2) is 23.4 Å². The Balaban J connectivity index is 2.30. The first kappa shape index (κ1) is 13.0. The highest BCUT2D eigenvalue weighted by molar-refractivity contribution is 5.80. The number of rotatable bonds is 3. The maximum absolute atomic E-state index is 13.3. The Bertz CT molecular complexity index is 447. The Morgan fingerprint density at radius 3 is 2.83 bits per heavy atom. The van der Waals surface area contributed by atoms with E-state index < -0.39 is 0 Å². The minimum Gasteiger partial charge on any atom is -0.334 e. The van der Waals surface area contributed by atoms with Gasteiger partial charge in [-0.3, -0.25) is 4.79 Å². The Kier molecular flexibility index (Phi) is 3.66. The van der Waals surface area contributed by atoms with E-state index in [-0.39, 0.29) is 23.8 Å². The van der Waals surface area contributed by atoms with Gasteiger partial charge >= 0.3 is 0 Å². The van der Waals surface area contributed by atoms with Crippen LogP contribution in [0.3, 0.4) is 0 Å². The fourth-order valence-corrected chi connectivity index (χ4v) is 2.54. The highest BCUT2D eigenvalue weighted by Crippen LogP contribution is 2.32. The Morgan fingerprint density at radius 1 is 1.50 bits per heavy atom. The Labute approximate surface area is 107 Å². The predicted molar refractivity (Wildman–Crippen MR) is 68.3 cm³/mol. The van der Waals surface area contributed by atoms with Crippen LogP contribution in [0.15, 0.2) is 24.3 Å². The van der Waals surface area contributed by atoms with Crippen LogP contribution in [0.1, 0.15) is 31.9 Å². The number of carbonyl (C=O) groups is 1. The predicted octanol–water partition coefficient (Wildman–Crippen LogP) is 2.08. The van der Waals surface area contributed by atoms with Gasteiger partial charge in [0.1, 0.15) is 5.82 Å². The lowest BCUT2D eigenvalue weighted by molar-refractivity contribution is -0.129. The second-order valence-corrected chi connectivity index (χ2v) is 5.31. The number of hydrogen-bond acceptors (Lipinski definition) is 2. The third kappa shape index (κ3) is 2.53. The zero-order valence-corrected chi connectivity index (χ0v) is 10.8. The molecule has 18 heavy (non-hydrogen) atoms. The molecule has 1 amide bonds. The summed E-state index contributed by atoms with van der Waals surface area (Å²) in [7, 11) is 0. The van der Waals surface area contributed by atoms with E-state index in [2.05, 4.69) is 13.8 Å². The second-order valence-electron chi connectivity index (χ2n) is 5.31. The first-order valence-electron chi connectivity index (χ1n) is 6.29. The van der Waals surface area contributed by atoms with Crippen LogP contribution in [0.25, 0.3) is 0 Å². The van der Waals surface area contributed by atoms with Crippen LogP contribution in [0.2, 0.25) is 0 Å². The van der Waals surface area contributed by atoms with Gasteiger partial charge in [0.15, 0.2) is 0 Å². The molecule has 0 aliphatic carbocycles. The van der Waals surface area contributed by atoms with E-state index in [4.69, 9.17) is 5.73 Å². The topological polar surface area (TPSA) is 46.3 Å². The zero-order valence-electron chi connectivity index (χ0n) is 10.8. The van der Waals surface area contributed by atoms with Gasteiger partial charge in [-0.15, -0.1) is 0 Å². The fraction of sp³-hybridized carbons (Fsp3) is 0.500. The van der Waals surface area contributed by atoms with Gasteiger partial charge in [-0.05, 0) is 23.6 Å². The number of nitrogens with zero attached hydrogens (tertiary/aromatic N) is 1. The number of benzene rings is 1. The quantitative estimate of drug-likeness (QED) is 0.892. The molecule has 0 saturated carbocycles. The van der Waals surface area contributed by atoms with E-state index in [0.717, 1.165) is 5.56 Å². The number of likely N-dealkylation sites (tertiary alicyclic amines) is 1. The summed E-state index contributed by atoms with van der Waals surface area (Å²) in [4.78, 5) is 13.7. The van der Waals surface area contributed by atoms with E-state index in [1.807, 2.05) is 6.07 Å². The van der Waals surface area contributed by atoms with Gasteiger partial charge in [-0.2, -0.15) is 0 Å². The third-order valence-corrected chi connectivity index (χ3v) is 3.22. The number of amides is 1. The molecule has 0 bridgehead atoms. The summed E-state index contributed by atoms with van der Waals surface area (Å²) >= 11 is 0. The Hall–Kier alpha value is -1.42. The summed E-state index contributed by atoms with van der Waals surface area (Å²) in [5, 5.41) is 0. The largest absolute Gasteiger partial charge is 0.334 e. The molecule has 1 aromatic carbocycles. The maximum Gasteiger partial charge on any atom is 0.224 e. The molecule has 0 aromatic heterocycles. The van der Waals surface area contributed by atoms with Crippen molar-refractivity contribution >= 4 is 5.91 Å². The van der Waals surface area contributed by atoms with Crippen LogP contribution in [0.5, 0.6) is 0 Å². The van der Waals surface area contributed by atoms with Crippen LogP contribution in [0, 0.1) is 11.7 Å². The summed E-state index contributed by atoms with van der Waals surface area (Å²) < 4.78 is 13.3. The maximum atomic E-state index is 13.3. The van der Waals surface area contributed by atoms with Crippen molar-refractivity contribution in [1.82, 2.24) is 4.90 Å². The van der Waals surface area contributed by atoms with Crippen LogP contribution < -0.4 is 5.73 Å². The summed E-state index contributed by atoms with van der Waals surface area (Å²) in [6, 6.07) is 5.91. The number of hydrogen-bond donors (Lipinski definition) is 1. The normalized spacial score (nSPS) is 24.1. The number of nitrogens with two attached hydrogens (primary N) is 1. The molecule has 3 nitrogen and oxygen atoms in total. The molecule has 98 valence electrons. The minimum atomic E-state index is -0.288. The van der Waals surface area contributed by atoms with Gasteiger partial charge in [0, 0.05) is 19.0 Å². The lowest BCUT2D eigenvalue weighted by Gasteiger charge is -2.28. The Morgan fingerprint density at radius 2 is 2.22 bits per heavy atom. The van der Waals surface area contributed by atoms with Crippen molar-refractivity contribution in [1.29, 1.82) is 0 Å². The van der Waals surface area contributed by atoms with Gasteiger partial charge in [0.2, 0.25) is 5.91 Å². The highest BCUT2D eigenvalue weighted by atomic mass is 19.1. The first-order chi connectivity index (χ1) is 8.49. The summed E-state index contributed by atoms with van der Waals surface area (Å²) in [5.74, 6) is 0.143. The van der Waals surface area contributed by atoms with Gasteiger partial charge in [0.25, 0.3) is 0 Å². The molecule has 1 saturated heterocycles. The molecule has 1 aromatic rings. The lowest BCUT2D eigenvalue weighted by atomic mass is 10.00.